The lowest BCUT2D eigenvalue weighted by Crippen LogP contribution is -2.17. The molecular weight excluding hydrogens is 152 g/mol. The minimum atomic E-state index is 0.664. The Bertz CT molecular complexity index is 273. The number of rotatable bonds is 2. The van der Waals surface area contributed by atoms with Gasteiger partial charge in [-0.15, -0.1) is 0 Å². The van der Waals surface area contributed by atoms with Gasteiger partial charge in [0, 0.05) is 18.9 Å². The Labute approximate surface area is 71.8 Å². The number of aliphatic imine (C=N–C) groups is 2. The molecule has 4 nitrogen and oxygen atoms in total. The lowest BCUT2D eigenvalue weighted by Gasteiger charge is -2.04. The molecule has 1 aliphatic rings. The first kappa shape index (κ1) is 8.52. The highest BCUT2D eigenvalue weighted by Crippen LogP contribution is 2.05. The molecule has 1 aliphatic heterocycles. The minimum absolute atomic E-state index is 0.664. The zero-order chi connectivity index (χ0) is 8.97. The molecular formula is C8H12N4. The smallest absolute Gasteiger partial charge is 0.179 e. The van der Waals surface area contributed by atoms with Gasteiger partial charge in [-0.2, -0.15) is 0 Å². The molecule has 0 saturated heterocycles. The molecule has 1 heterocycles. The summed E-state index contributed by atoms with van der Waals surface area (Å²) in [6.07, 6.45) is 3.08. The average Bonchev–Trinajstić information content (AvgIpc) is 2.52. The molecule has 12 heavy (non-hydrogen) atoms. The van der Waals surface area contributed by atoms with Gasteiger partial charge in [0.1, 0.15) is 5.70 Å². The predicted molar refractivity (Wildman–Crippen MR) is 51.0 cm³/mol. The zero-order valence-electron chi connectivity index (χ0n) is 7.26. The van der Waals surface area contributed by atoms with Crippen molar-refractivity contribution in [1.29, 1.82) is 0 Å². The van der Waals surface area contributed by atoms with Crippen LogP contribution < -0.4 is 10.6 Å². The van der Waals surface area contributed by atoms with Crippen LogP contribution in [0.2, 0.25) is 0 Å². The fraction of sp³-hybridized carbons (Fsp3) is 0.250. The molecule has 1 rings (SSSR count). The summed E-state index contributed by atoms with van der Waals surface area (Å²) >= 11 is 0. The van der Waals surface area contributed by atoms with Crippen molar-refractivity contribution >= 4 is 12.2 Å². The van der Waals surface area contributed by atoms with Crippen molar-refractivity contribution in [3.05, 3.63) is 24.2 Å². The maximum Gasteiger partial charge on any atom is 0.179 e. The Morgan fingerprint density at radius 1 is 1.83 bits per heavy atom. The van der Waals surface area contributed by atoms with E-state index in [1.54, 1.807) is 6.34 Å². The van der Waals surface area contributed by atoms with Crippen LogP contribution in [0.25, 0.3) is 0 Å². The molecule has 0 amide bonds. The fourth-order valence-electron chi connectivity index (χ4n) is 0.872. The molecule has 0 saturated carbocycles. The van der Waals surface area contributed by atoms with E-state index in [-0.39, 0.29) is 0 Å². The highest BCUT2D eigenvalue weighted by atomic mass is 15.1. The van der Waals surface area contributed by atoms with E-state index in [0.29, 0.717) is 5.84 Å². The second-order valence-corrected chi connectivity index (χ2v) is 2.29. The molecule has 0 bridgehead atoms. The van der Waals surface area contributed by atoms with Crippen LogP contribution in [0, 0.1) is 0 Å². The maximum absolute atomic E-state index is 4.02. The SMILES string of the molecule is C=C/N=C1/N=CN/C1=C(\C)NC. The van der Waals surface area contributed by atoms with E-state index in [2.05, 4.69) is 27.2 Å². The predicted octanol–water partition coefficient (Wildman–Crippen LogP) is 0.611. The fourth-order valence-corrected chi connectivity index (χ4v) is 0.872. The van der Waals surface area contributed by atoms with Gasteiger partial charge < -0.3 is 10.6 Å². The first-order chi connectivity index (χ1) is 5.79. The van der Waals surface area contributed by atoms with Gasteiger partial charge in [-0.3, -0.25) is 0 Å². The Morgan fingerprint density at radius 2 is 2.58 bits per heavy atom. The van der Waals surface area contributed by atoms with Crippen LogP contribution in [-0.2, 0) is 0 Å². The molecule has 0 fully saturated rings. The van der Waals surface area contributed by atoms with E-state index >= 15 is 0 Å². The van der Waals surface area contributed by atoms with E-state index in [1.165, 1.54) is 6.20 Å². The summed E-state index contributed by atoms with van der Waals surface area (Å²) in [5.74, 6) is 0.664. The van der Waals surface area contributed by atoms with E-state index in [4.69, 9.17) is 0 Å². The van der Waals surface area contributed by atoms with Crippen LogP contribution in [0.5, 0.6) is 0 Å². The molecule has 4 heteroatoms. The van der Waals surface area contributed by atoms with Crippen LogP contribution in [-0.4, -0.2) is 19.2 Å². The monoisotopic (exact) mass is 164 g/mol. The number of amidine groups is 1. The molecule has 0 aliphatic carbocycles. The standard InChI is InChI=1S/C8H12N4/c1-4-10-8-7(6(2)9-3)11-5-12-8/h4-5,9H,1H2,2-3H3,(H,10,11,12)/b7-6+. The van der Waals surface area contributed by atoms with Gasteiger partial charge in [0.25, 0.3) is 0 Å². The van der Waals surface area contributed by atoms with Crippen molar-refractivity contribution in [2.75, 3.05) is 7.05 Å². The summed E-state index contributed by atoms with van der Waals surface area (Å²) in [4.78, 5) is 8.02. The molecule has 0 unspecified atom stereocenters. The second-order valence-electron chi connectivity index (χ2n) is 2.29. The molecule has 2 N–H and O–H groups in total. The summed E-state index contributed by atoms with van der Waals surface area (Å²) in [5.41, 5.74) is 1.91. The van der Waals surface area contributed by atoms with Crippen LogP contribution in [0.4, 0.5) is 0 Å². The Morgan fingerprint density at radius 3 is 3.17 bits per heavy atom. The second kappa shape index (κ2) is 3.71. The van der Waals surface area contributed by atoms with E-state index in [0.717, 1.165) is 11.4 Å². The maximum atomic E-state index is 4.02. The molecule has 64 valence electrons. The zero-order valence-corrected chi connectivity index (χ0v) is 7.26. The van der Waals surface area contributed by atoms with Gasteiger partial charge in [-0.1, -0.05) is 6.58 Å². The third kappa shape index (κ3) is 1.53. The highest BCUT2D eigenvalue weighted by Gasteiger charge is 2.11. The van der Waals surface area contributed by atoms with Crippen molar-refractivity contribution < 1.29 is 0 Å². The first-order valence-corrected chi connectivity index (χ1v) is 3.66. The van der Waals surface area contributed by atoms with Gasteiger partial charge in [-0.05, 0) is 6.92 Å². The number of nitrogens with zero attached hydrogens (tertiary/aromatic N) is 2. The molecule has 0 atom stereocenters. The number of hydrogen-bond acceptors (Lipinski definition) is 3. The van der Waals surface area contributed by atoms with Crippen LogP contribution in [0.15, 0.2) is 34.2 Å². The first-order valence-electron chi connectivity index (χ1n) is 3.66. The average molecular weight is 164 g/mol. The van der Waals surface area contributed by atoms with Crippen molar-refractivity contribution in [1.82, 2.24) is 10.6 Å². The third-order valence-electron chi connectivity index (χ3n) is 1.58. The summed E-state index contributed by atoms with van der Waals surface area (Å²) in [6.45, 7) is 5.47. The Balaban J connectivity index is 2.96. The van der Waals surface area contributed by atoms with Gasteiger partial charge in [-0.25, -0.2) is 9.98 Å². The molecule has 0 aromatic rings. The molecule has 0 radical (unpaired) electrons. The third-order valence-corrected chi connectivity index (χ3v) is 1.58. The highest BCUT2D eigenvalue weighted by molar-refractivity contribution is 6.08. The Kier molecular flexibility index (Phi) is 2.63. The van der Waals surface area contributed by atoms with E-state index in [1.807, 2.05) is 14.0 Å². The van der Waals surface area contributed by atoms with Crippen molar-refractivity contribution in [2.45, 2.75) is 6.92 Å². The summed E-state index contributed by atoms with van der Waals surface area (Å²) < 4.78 is 0. The van der Waals surface area contributed by atoms with Gasteiger partial charge in [0.05, 0.1) is 6.34 Å². The summed E-state index contributed by atoms with van der Waals surface area (Å²) in [7, 11) is 1.86. The van der Waals surface area contributed by atoms with Crippen LogP contribution in [0.3, 0.4) is 0 Å². The lowest BCUT2D eigenvalue weighted by molar-refractivity contribution is 0.955. The van der Waals surface area contributed by atoms with Crippen molar-refractivity contribution in [2.24, 2.45) is 9.98 Å². The molecule has 0 spiro atoms. The van der Waals surface area contributed by atoms with Crippen LogP contribution in [0.1, 0.15) is 6.92 Å². The van der Waals surface area contributed by atoms with Gasteiger partial charge in [0.2, 0.25) is 0 Å². The van der Waals surface area contributed by atoms with Gasteiger partial charge in [0.15, 0.2) is 5.84 Å². The van der Waals surface area contributed by atoms with Crippen molar-refractivity contribution in [3.63, 3.8) is 0 Å². The topological polar surface area (TPSA) is 48.8 Å². The van der Waals surface area contributed by atoms with E-state index < -0.39 is 0 Å². The molecule has 0 aromatic carbocycles. The summed E-state index contributed by atoms with van der Waals surface area (Å²) in [6, 6.07) is 0. The minimum Gasteiger partial charge on any atom is -0.390 e. The normalized spacial score (nSPS) is 22.3. The number of hydrogen-bond donors (Lipinski definition) is 2. The number of allylic oxidation sites excluding steroid dienone is 1. The van der Waals surface area contributed by atoms with E-state index in [9.17, 15) is 0 Å². The lowest BCUT2D eigenvalue weighted by atomic mass is 10.3. The molecule has 0 aromatic heterocycles. The van der Waals surface area contributed by atoms with Crippen LogP contribution >= 0.6 is 0 Å². The van der Waals surface area contributed by atoms with Gasteiger partial charge >= 0.3 is 0 Å². The number of nitrogens with one attached hydrogen (secondary N) is 2. The summed E-state index contributed by atoms with van der Waals surface area (Å²) in [5, 5.41) is 6.01. The largest absolute Gasteiger partial charge is 0.390 e. The van der Waals surface area contributed by atoms with Crippen molar-refractivity contribution in [3.8, 4) is 0 Å². The quantitative estimate of drug-likeness (QED) is 0.628. The Hall–Kier alpha value is -1.58.